The number of rotatable bonds is 4. The highest BCUT2D eigenvalue weighted by Crippen LogP contribution is 2.32. The lowest BCUT2D eigenvalue weighted by molar-refractivity contribution is -0.159. The van der Waals surface area contributed by atoms with Crippen LogP contribution in [0, 0.1) is 0 Å². The molecule has 2 aromatic rings. The zero-order chi connectivity index (χ0) is 19.9. The topological polar surface area (TPSA) is 117 Å². The maximum Gasteiger partial charge on any atom is 0.414 e. The third-order valence-corrected chi connectivity index (χ3v) is 4.51. The summed E-state index contributed by atoms with van der Waals surface area (Å²) in [7, 11) is 0. The van der Waals surface area contributed by atoms with E-state index in [1.54, 1.807) is 0 Å². The molecule has 1 atom stereocenters. The number of nitrogens with one attached hydrogen (secondary N) is 2. The van der Waals surface area contributed by atoms with Gasteiger partial charge in [0.15, 0.2) is 11.5 Å². The van der Waals surface area contributed by atoms with Crippen molar-refractivity contribution in [1.82, 2.24) is 10.6 Å². The number of fused-ring (bicyclic) bond motifs is 2. The first-order valence-electron chi connectivity index (χ1n) is 8.91. The van der Waals surface area contributed by atoms with Gasteiger partial charge in [-0.15, -0.1) is 0 Å². The van der Waals surface area contributed by atoms with Gasteiger partial charge in [-0.3, -0.25) is 0 Å². The highest BCUT2D eigenvalue weighted by molar-refractivity contribution is 6.27. The van der Waals surface area contributed by atoms with Crippen molar-refractivity contribution >= 4 is 11.9 Å². The standard InChI is InChI=1S/C18H20N2O2.C2H2O4/c1-2-4-15-14(3-1)7-8-20-16(15)11-19-10-13-5-6-17-18(9-13)22-12-21-17;3-1(4)2(5)6/h1-6,9,16,19-20H,7-8,10-12H2;(H,3,4)(H,5,6). The van der Waals surface area contributed by atoms with Gasteiger partial charge in [-0.2, -0.15) is 0 Å². The van der Waals surface area contributed by atoms with Gasteiger partial charge >= 0.3 is 11.9 Å². The summed E-state index contributed by atoms with van der Waals surface area (Å²) in [5.41, 5.74) is 4.11. The van der Waals surface area contributed by atoms with E-state index in [0.29, 0.717) is 12.8 Å². The molecule has 0 bridgehead atoms. The first-order chi connectivity index (χ1) is 13.5. The molecule has 0 saturated heterocycles. The molecule has 28 heavy (non-hydrogen) atoms. The summed E-state index contributed by atoms with van der Waals surface area (Å²) in [6.45, 7) is 3.13. The molecule has 0 fully saturated rings. The van der Waals surface area contributed by atoms with E-state index < -0.39 is 11.9 Å². The van der Waals surface area contributed by atoms with Crippen molar-refractivity contribution in [1.29, 1.82) is 0 Å². The summed E-state index contributed by atoms with van der Waals surface area (Å²) in [6, 6.07) is 15.2. The molecular formula is C20H22N2O6. The van der Waals surface area contributed by atoms with E-state index >= 15 is 0 Å². The summed E-state index contributed by atoms with van der Waals surface area (Å²) in [5, 5.41) is 21.9. The molecule has 0 radical (unpaired) electrons. The first-order valence-corrected chi connectivity index (χ1v) is 8.91. The molecule has 4 N–H and O–H groups in total. The molecule has 0 aliphatic carbocycles. The van der Waals surface area contributed by atoms with Crippen LogP contribution < -0.4 is 20.1 Å². The van der Waals surface area contributed by atoms with Crippen molar-refractivity contribution in [2.75, 3.05) is 19.9 Å². The fourth-order valence-electron chi connectivity index (χ4n) is 3.19. The lowest BCUT2D eigenvalue weighted by atomic mass is 9.94. The Hall–Kier alpha value is -3.10. The van der Waals surface area contributed by atoms with Gasteiger partial charge in [0.1, 0.15) is 0 Å². The Kier molecular flexibility index (Phi) is 6.46. The molecule has 8 heteroatoms. The van der Waals surface area contributed by atoms with Crippen LogP contribution in [0.4, 0.5) is 0 Å². The minimum Gasteiger partial charge on any atom is -0.473 e. The van der Waals surface area contributed by atoms with Crippen molar-refractivity contribution in [3.8, 4) is 11.5 Å². The van der Waals surface area contributed by atoms with Crippen molar-refractivity contribution in [2.24, 2.45) is 0 Å². The quantitative estimate of drug-likeness (QED) is 0.585. The Balaban J connectivity index is 0.000000330. The number of hydrogen-bond acceptors (Lipinski definition) is 6. The van der Waals surface area contributed by atoms with Crippen molar-refractivity contribution in [3.05, 3.63) is 59.2 Å². The van der Waals surface area contributed by atoms with Crippen LogP contribution in [0.1, 0.15) is 22.7 Å². The SMILES string of the molecule is O=C(O)C(=O)O.c1ccc2c(c1)CCNC2CNCc1ccc2c(c1)OCO2. The van der Waals surface area contributed by atoms with Crippen LogP contribution in [-0.4, -0.2) is 42.0 Å². The van der Waals surface area contributed by atoms with Crippen LogP contribution in [0.3, 0.4) is 0 Å². The molecule has 8 nitrogen and oxygen atoms in total. The van der Waals surface area contributed by atoms with Crippen LogP contribution >= 0.6 is 0 Å². The van der Waals surface area contributed by atoms with Crippen molar-refractivity contribution < 1.29 is 29.3 Å². The number of carboxylic acid groups (broad SMARTS) is 2. The molecule has 2 heterocycles. The lowest BCUT2D eigenvalue weighted by Gasteiger charge is -2.27. The molecule has 2 aliphatic rings. The van der Waals surface area contributed by atoms with Gasteiger partial charge < -0.3 is 30.3 Å². The molecule has 0 amide bonds. The largest absolute Gasteiger partial charge is 0.473 e. The Morgan fingerprint density at radius 3 is 2.61 bits per heavy atom. The summed E-state index contributed by atoms with van der Waals surface area (Å²) in [4.78, 5) is 18.2. The van der Waals surface area contributed by atoms with Gasteiger partial charge in [0, 0.05) is 19.1 Å². The zero-order valence-electron chi connectivity index (χ0n) is 15.2. The zero-order valence-corrected chi connectivity index (χ0v) is 15.2. The molecule has 148 valence electrons. The highest BCUT2D eigenvalue weighted by Gasteiger charge is 2.18. The number of carbonyl (C=O) groups is 2. The molecular weight excluding hydrogens is 364 g/mol. The number of carboxylic acids is 2. The van der Waals surface area contributed by atoms with Gasteiger partial charge in [-0.05, 0) is 41.8 Å². The Labute approximate surface area is 162 Å². The Morgan fingerprint density at radius 2 is 1.82 bits per heavy atom. The number of aliphatic carboxylic acids is 2. The van der Waals surface area contributed by atoms with Gasteiger partial charge in [-0.25, -0.2) is 9.59 Å². The second-order valence-corrected chi connectivity index (χ2v) is 6.38. The van der Waals surface area contributed by atoms with E-state index in [1.165, 1.54) is 16.7 Å². The number of hydrogen-bond donors (Lipinski definition) is 4. The first kappa shape index (κ1) is 19.7. The average molecular weight is 386 g/mol. The summed E-state index contributed by atoms with van der Waals surface area (Å²) in [5.74, 6) is -1.96. The summed E-state index contributed by atoms with van der Waals surface area (Å²) in [6.07, 6.45) is 1.12. The van der Waals surface area contributed by atoms with E-state index in [9.17, 15) is 0 Å². The maximum atomic E-state index is 9.10. The van der Waals surface area contributed by atoms with E-state index in [2.05, 4.69) is 47.0 Å². The fourth-order valence-corrected chi connectivity index (χ4v) is 3.19. The van der Waals surface area contributed by atoms with Gasteiger partial charge in [0.25, 0.3) is 0 Å². The minimum absolute atomic E-state index is 0.328. The average Bonchev–Trinajstić information content (AvgIpc) is 3.16. The van der Waals surface area contributed by atoms with Crippen LogP contribution in [0.2, 0.25) is 0 Å². The number of benzene rings is 2. The normalized spacial score (nSPS) is 16.5. The van der Waals surface area contributed by atoms with Gasteiger partial charge in [-0.1, -0.05) is 30.3 Å². The summed E-state index contributed by atoms with van der Waals surface area (Å²) < 4.78 is 10.8. The third-order valence-electron chi connectivity index (χ3n) is 4.51. The smallest absolute Gasteiger partial charge is 0.414 e. The third kappa shape index (κ3) is 4.99. The van der Waals surface area contributed by atoms with Gasteiger partial charge in [0.05, 0.1) is 0 Å². The van der Waals surface area contributed by atoms with Crippen LogP contribution in [-0.2, 0) is 22.6 Å². The van der Waals surface area contributed by atoms with Crippen LogP contribution in [0.25, 0.3) is 0 Å². The fraction of sp³-hybridized carbons (Fsp3) is 0.300. The monoisotopic (exact) mass is 386 g/mol. The predicted molar refractivity (Wildman–Crippen MR) is 100 cm³/mol. The van der Waals surface area contributed by atoms with E-state index in [-0.39, 0.29) is 0 Å². The van der Waals surface area contributed by atoms with Crippen molar-refractivity contribution in [3.63, 3.8) is 0 Å². The Morgan fingerprint density at radius 1 is 1.07 bits per heavy atom. The second kappa shape index (κ2) is 9.20. The molecule has 0 spiro atoms. The molecule has 0 aromatic heterocycles. The number of ether oxygens (including phenoxy) is 2. The second-order valence-electron chi connectivity index (χ2n) is 6.38. The van der Waals surface area contributed by atoms with Crippen LogP contribution in [0.5, 0.6) is 11.5 Å². The summed E-state index contributed by atoms with van der Waals surface area (Å²) >= 11 is 0. The lowest BCUT2D eigenvalue weighted by Crippen LogP contribution is -2.36. The minimum atomic E-state index is -1.82. The molecule has 4 rings (SSSR count). The Bertz CT molecular complexity index is 842. The maximum absolute atomic E-state index is 9.10. The van der Waals surface area contributed by atoms with E-state index in [4.69, 9.17) is 29.3 Å². The molecule has 0 saturated carbocycles. The van der Waals surface area contributed by atoms with Gasteiger partial charge in [0.2, 0.25) is 6.79 Å². The van der Waals surface area contributed by atoms with Crippen LogP contribution in [0.15, 0.2) is 42.5 Å². The van der Waals surface area contributed by atoms with Crippen molar-refractivity contribution in [2.45, 2.75) is 19.0 Å². The predicted octanol–water partition coefficient (Wildman–Crippen LogP) is 1.55. The van der Waals surface area contributed by atoms with E-state index in [0.717, 1.165) is 37.6 Å². The molecule has 2 aromatic carbocycles. The highest BCUT2D eigenvalue weighted by atomic mass is 16.7. The van der Waals surface area contributed by atoms with E-state index in [1.807, 2.05) is 6.07 Å². The molecule has 2 aliphatic heterocycles. The molecule has 1 unspecified atom stereocenters.